The maximum atomic E-state index is 2.43. The molecule has 0 bridgehead atoms. The number of para-hydroxylation sites is 1. The van der Waals surface area contributed by atoms with Gasteiger partial charge in [0.2, 0.25) is 0 Å². The van der Waals surface area contributed by atoms with Gasteiger partial charge in [0.1, 0.15) is 0 Å². The van der Waals surface area contributed by atoms with Crippen molar-refractivity contribution < 1.29 is 0 Å². The van der Waals surface area contributed by atoms with Crippen molar-refractivity contribution in [2.75, 3.05) is 0 Å². The SMILES string of the molecule is C1=c2c(sc3ccccc23)=C(c2cccc(-c3ccc(-n4c5ccccc5c5cc6ccccc6cc54)cc3)c2)CC1. The fraction of sp³-hybridized carbons (Fsp3) is 0.0500. The van der Waals surface area contributed by atoms with Gasteiger partial charge in [0.15, 0.2) is 0 Å². The largest absolute Gasteiger partial charge is 0.309 e. The van der Waals surface area contributed by atoms with E-state index in [0.29, 0.717) is 0 Å². The zero-order valence-corrected chi connectivity index (χ0v) is 23.9. The predicted octanol–water partition coefficient (Wildman–Crippen LogP) is 9.59. The molecule has 0 unspecified atom stereocenters. The Hall–Kier alpha value is -4.92. The second-order valence-electron chi connectivity index (χ2n) is 11.3. The van der Waals surface area contributed by atoms with Crippen molar-refractivity contribution in [3.8, 4) is 16.8 Å². The van der Waals surface area contributed by atoms with E-state index >= 15 is 0 Å². The Bertz CT molecular complexity index is 2460. The molecular formula is C40H27NS. The number of thiophene rings is 1. The first-order valence-corrected chi connectivity index (χ1v) is 15.5. The molecule has 0 atom stereocenters. The van der Waals surface area contributed by atoms with E-state index in [0.717, 1.165) is 12.8 Å². The Kier molecular flexibility index (Phi) is 5.26. The maximum Gasteiger partial charge on any atom is 0.0547 e. The Morgan fingerprint density at radius 1 is 0.524 bits per heavy atom. The van der Waals surface area contributed by atoms with Crippen LogP contribution in [0, 0.1) is 0 Å². The molecule has 6 aromatic carbocycles. The highest BCUT2D eigenvalue weighted by Crippen LogP contribution is 2.35. The van der Waals surface area contributed by atoms with Crippen LogP contribution in [0.25, 0.3) is 71.1 Å². The van der Waals surface area contributed by atoms with E-state index in [9.17, 15) is 0 Å². The van der Waals surface area contributed by atoms with Crippen molar-refractivity contribution in [2.45, 2.75) is 12.8 Å². The van der Waals surface area contributed by atoms with E-state index in [1.807, 2.05) is 11.3 Å². The van der Waals surface area contributed by atoms with Crippen molar-refractivity contribution in [3.63, 3.8) is 0 Å². The summed E-state index contributed by atoms with van der Waals surface area (Å²) in [4.78, 5) is 0. The number of nitrogens with zero attached hydrogens (tertiary/aromatic N) is 1. The lowest BCUT2D eigenvalue weighted by Gasteiger charge is -2.13. The first kappa shape index (κ1) is 23.8. The normalized spacial score (nSPS) is 13.2. The molecule has 2 heterocycles. The molecule has 42 heavy (non-hydrogen) atoms. The van der Waals surface area contributed by atoms with Gasteiger partial charge in [0.25, 0.3) is 0 Å². The zero-order chi connectivity index (χ0) is 27.6. The van der Waals surface area contributed by atoms with Gasteiger partial charge in [-0.3, -0.25) is 0 Å². The van der Waals surface area contributed by atoms with Crippen molar-refractivity contribution in [3.05, 3.63) is 149 Å². The number of hydrogen-bond donors (Lipinski definition) is 0. The van der Waals surface area contributed by atoms with E-state index in [1.54, 1.807) is 0 Å². The highest BCUT2D eigenvalue weighted by Gasteiger charge is 2.15. The van der Waals surface area contributed by atoms with Crippen LogP contribution >= 0.6 is 11.3 Å². The third kappa shape index (κ3) is 3.62. The highest BCUT2D eigenvalue weighted by molar-refractivity contribution is 7.17. The standard InChI is InChI=1S/C40H27NS/c1-2-10-29-25-38-36(24-28(29)9-1)33-13-3-5-17-37(33)41(38)31-21-19-26(20-22-31)27-11-7-12-30(23-27)32-15-8-16-35-34-14-4-6-18-39(34)42-40(32)35/h1-7,9-14,16-25H,8,15H2. The van der Waals surface area contributed by atoms with Crippen LogP contribution in [0.4, 0.5) is 0 Å². The minimum Gasteiger partial charge on any atom is -0.309 e. The monoisotopic (exact) mass is 553 g/mol. The molecule has 0 saturated carbocycles. The van der Waals surface area contributed by atoms with Gasteiger partial charge in [-0.25, -0.2) is 0 Å². The molecule has 1 nitrogen and oxygen atoms in total. The molecule has 0 N–H and O–H groups in total. The number of benzene rings is 6. The average molecular weight is 554 g/mol. The molecule has 0 amide bonds. The van der Waals surface area contributed by atoms with Crippen LogP contribution < -0.4 is 9.75 Å². The lowest BCUT2D eigenvalue weighted by atomic mass is 9.94. The number of fused-ring (bicyclic) bond motifs is 7. The summed E-state index contributed by atoms with van der Waals surface area (Å²) >= 11 is 1.94. The number of rotatable bonds is 3. The predicted molar refractivity (Wildman–Crippen MR) is 181 cm³/mol. The summed E-state index contributed by atoms with van der Waals surface area (Å²) in [6.45, 7) is 0. The Morgan fingerprint density at radius 2 is 1.26 bits per heavy atom. The molecular weight excluding hydrogens is 527 g/mol. The average Bonchev–Trinajstić information content (AvgIpc) is 3.59. The van der Waals surface area contributed by atoms with E-state index < -0.39 is 0 Å². The molecule has 0 saturated heterocycles. The van der Waals surface area contributed by atoms with Crippen LogP contribution in [0.15, 0.2) is 133 Å². The van der Waals surface area contributed by atoms with E-state index in [4.69, 9.17) is 0 Å². The summed E-state index contributed by atoms with van der Waals surface area (Å²) in [7, 11) is 0. The van der Waals surface area contributed by atoms with Gasteiger partial charge in [0.05, 0.1) is 11.0 Å². The Morgan fingerprint density at radius 3 is 2.14 bits per heavy atom. The summed E-state index contributed by atoms with van der Waals surface area (Å²) in [5, 5.41) is 7.94. The molecule has 2 aromatic heterocycles. The van der Waals surface area contributed by atoms with E-state index in [-0.39, 0.29) is 0 Å². The third-order valence-electron chi connectivity index (χ3n) is 8.86. The van der Waals surface area contributed by atoms with Crippen LogP contribution in [0.3, 0.4) is 0 Å². The molecule has 1 aliphatic carbocycles. The molecule has 0 aliphatic heterocycles. The molecule has 9 rings (SSSR count). The van der Waals surface area contributed by atoms with Gasteiger partial charge < -0.3 is 4.57 Å². The van der Waals surface area contributed by atoms with Crippen LogP contribution in [-0.2, 0) is 0 Å². The fourth-order valence-electron chi connectivity index (χ4n) is 6.86. The fourth-order valence-corrected chi connectivity index (χ4v) is 8.17. The summed E-state index contributed by atoms with van der Waals surface area (Å²) in [5.41, 5.74) is 8.99. The smallest absolute Gasteiger partial charge is 0.0547 e. The summed E-state index contributed by atoms with van der Waals surface area (Å²) in [6, 6.07) is 49.1. The summed E-state index contributed by atoms with van der Waals surface area (Å²) in [5.74, 6) is 0. The van der Waals surface area contributed by atoms with Crippen LogP contribution in [0.2, 0.25) is 0 Å². The molecule has 1 aliphatic rings. The molecule has 0 fully saturated rings. The summed E-state index contributed by atoms with van der Waals surface area (Å²) in [6.07, 6.45) is 4.61. The molecule has 0 radical (unpaired) electrons. The van der Waals surface area contributed by atoms with E-state index in [2.05, 4.69) is 144 Å². The lowest BCUT2D eigenvalue weighted by molar-refractivity contribution is 1.09. The first-order valence-electron chi connectivity index (χ1n) is 14.7. The van der Waals surface area contributed by atoms with E-state index in [1.165, 1.54) is 80.4 Å². The third-order valence-corrected chi connectivity index (χ3v) is 10.1. The quantitative estimate of drug-likeness (QED) is 0.205. The van der Waals surface area contributed by atoms with Crippen LogP contribution in [0.5, 0.6) is 0 Å². The van der Waals surface area contributed by atoms with Gasteiger partial charge in [0, 0.05) is 25.7 Å². The van der Waals surface area contributed by atoms with Gasteiger partial charge in [-0.05, 0) is 98.9 Å². The van der Waals surface area contributed by atoms with Crippen LogP contribution in [0.1, 0.15) is 18.4 Å². The molecule has 0 spiro atoms. The zero-order valence-electron chi connectivity index (χ0n) is 23.0. The molecule has 198 valence electrons. The second-order valence-corrected chi connectivity index (χ2v) is 12.3. The number of aromatic nitrogens is 1. The maximum absolute atomic E-state index is 2.43. The van der Waals surface area contributed by atoms with Gasteiger partial charge in [-0.2, -0.15) is 0 Å². The van der Waals surface area contributed by atoms with Gasteiger partial charge in [-0.15, -0.1) is 11.3 Å². The van der Waals surface area contributed by atoms with Crippen molar-refractivity contribution in [2.24, 2.45) is 0 Å². The first-order chi connectivity index (χ1) is 20.8. The van der Waals surface area contributed by atoms with Crippen molar-refractivity contribution in [1.29, 1.82) is 0 Å². The minimum atomic E-state index is 1.09. The Balaban J connectivity index is 1.16. The molecule has 8 aromatic rings. The topological polar surface area (TPSA) is 4.93 Å². The highest BCUT2D eigenvalue weighted by atomic mass is 32.1. The summed E-state index contributed by atoms with van der Waals surface area (Å²) < 4.78 is 5.23. The lowest BCUT2D eigenvalue weighted by Crippen LogP contribution is -2.25. The second kappa shape index (κ2) is 9.30. The van der Waals surface area contributed by atoms with Crippen LogP contribution in [-0.4, -0.2) is 4.57 Å². The molecule has 2 heteroatoms. The van der Waals surface area contributed by atoms with Crippen molar-refractivity contribution >= 4 is 65.7 Å². The van der Waals surface area contributed by atoms with Gasteiger partial charge in [-0.1, -0.05) is 97.1 Å². The Labute approximate surface area is 247 Å². The van der Waals surface area contributed by atoms with Crippen molar-refractivity contribution in [1.82, 2.24) is 4.57 Å². The minimum absolute atomic E-state index is 1.09. The van der Waals surface area contributed by atoms with Gasteiger partial charge >= 0.3 is 0 Å². The number of hydrogen-bond acceptors (Lipinski definition) is 1.